The molecule has 2 heterocycles. The molecule has 0 spiro atoms. The van der Waals surface area contributed by atoms with Gasteiger partial charge in [0.15, 0.2) is 0 Å². The van der Waals surface area contributed by atoms with Crippen molar-refractivity contribution in [3.05, 3.63) is 0 Å². The quantitative estimate of drug-likeness (QED) is 0.663. The molecule has 2 fully saturated rings. The third-order valence-electron chi connectivity index (χ3n) is 3.87. The Morgan fingerprint density at radius 3 is 2.21 bits per heavy atom. The summed E-state index contributed by atoms with van der Waals surface area (Å²) < 4.78 is 0. The first-order valence-corrected chi connectivity index (χ1v) is 5.96. The molecule has 0 saturated carbocycles. The molecule has 2 saturated heterocycles. The second-order valence-corrected chi connectivity index (χ2v) is 6.05. The van der Waals surface area contributed by atoms with Crippen molar-refractivity contribution in [2.75, 3.05) is 39.8 Å². The highest BCUT2D eigenvalue weighted by atomic mass is 15.2. The van der Waals surface area contributed by atoms with E-state index in [0.717, 1.165) is 5.92 Å². The van der Waals surface area contributed by atoms with Crippen LogP contribution in [-0.2, 0) is 0 Å². The standard InChI is InChI=1S/C12H24N2/c1-12(2)4-6-14(7-5-12)10-11-8-13(3)9-11/h11H,4-10H2,1-3H3. The molecule has 2 rings (SSSR count). The predicted octanol–water partition coefficient (Wildman–Crippen LogP) is 1.67. The summed E-state index contributed by atoms with van der Waals surface area (Å²) in [5, 5.41) is 0. The SMILES string of the molecule is CN1CC(CN2CCC(C)(C)CC2)C1. The van der Waals surface area contributed by atoms with E-state index in [1.54, 1.807) is 0 Å². The molecule has 0 unspecified atom stereocenters. The van der Waals surface area contributed by atoms with E-state index in [9.17, 15) is 0 Å². The lowest BCUT2D eigenvalue weighted by Crippen LogP contribution is -2.51. The van der Waals surface area contributed by atoms with Crippen molar-refractivity contribution in [2.45, 2.75) is 26.7 Å². The second-order valence-electron chi connectivity index (χ2n) is 6.05. The highest BCUT2D eigenvalue weighted by molar-refractivity contribution is 4.84. The number of likely N-dealkylation sites (tertiary alicyclic amines) is 2. The minimum absolute atomic E-state index is 0.604. The molecule has 2 heteroatoms. The maximum Gasteiger partial charge on any atom is 0.00342 e. The summed E-state index contributed by atoms with van der Waals surface area (Å²) in [6.45, 7) is 11.4. The number of nitrogens with zero attached hydrogens (tertiary/aromatic N) is 2. The van der Waals surface area contributed by atoms with Crippen LogP contribution in [0.5, 0.6) is 0 Å². The second kappa shape index (κ2) is 3.82. The summed E-state index contributed by atoms with van der Waals surface area (Å²) in [5.74, 6) is 0.959. The molecule has 2 aliphatic heterocycles. The van der Waals surface area contributed by atoms with Gasteiger partial charge in [-0.25, -0.2) is 0 Å². The summed E-state index contributed by atoms with van der Waals surface area (Å²) in [4.78, 5) is 5.08. The molecule has 82 valence electrons. The van der Waals surface area contributed by atoms with Crippen molar-refractivity contribution in [3.63, 3.8) is 0 Å². The number of piperidine rings is 1. The van der Waals surface area contributed by atoms with E-state index >= 15 is 0 Å². The smallest absolute Gasteiger partial charge is 0.00342 e. The van der Waals surface area contributed by atoms with Gasteiger partial charge >= 0.3 is 0 Å². The topological polar surface area (TPSA) is 6.48 Å². The predicted molar refractivity (Wildman–Crippen MR) is 60.4 cm³/mol. The van der Waals surface area contributed by atoms with E-state index in [-0.39, 0.29) is 0 Å². The van der Waals surface area contributed by atoms with Gasteiger partial charge in [0.2, 0.25) is 0 Å². The van der Waals surface area contributed by atoms with Gasteiger partial charge in [-0.15, -0.1) is 0 Å². The lowest BCUT2D eigenvalue weighted by molar-refractivity contribution is 0.0600. The molecule has 0 aromatic rings. The van der Waals surface area contributed by atoms with Crippen molar-refractivity contribution in [3.8, 4) is 0 Å². The van der Waals surface area contributed by atoms with E-state index in [0.29, 0.717) is 5.41 Å². The average Bonchev–Trinajstić information content (AvgIpc) is 2.06. The van der Waals surface area contributed by atoms with Gasteiger partial charge in [0, 0.05) is 19.6 Å². The van der Waals surface area contributed by atoms with Crippen LogP contribution in [0.4, 0.5) is 0 Å². The number of hydrogen-bond donors (Lipinski definition) is 0. The van der Waals surface area contributed by atoms with Crippen molar-refractivity contribution in [1.82, 2.24) is 9.80 Å². The summed E-state index contributed by atoms with van der Waals surface area (Å²) in [6.07, 6.45) is 2.77. The third-order valence-corrected chi connectivity index (χ3v) is 3.87. The summed E-state index contributed by atoms with van der Waals surface area (Å²) in [5.41, 5.74) is 0.604. The molecule has 0 aliphatic carbocycles. The fraction of sp³-hybridized carbons (Fsp3) is 1.00. The Kier molecular flexibility index (Phi) is 2.85. The zero-order chi connectivity index (χ0) is 10.2. The fourth-order valence-corrected chi connectivity index (χ4v) is 2.65. The molecule has 0 bridgehead atoms. The molecule has 2 nitrogen and oxygen atoms in total. The van der Waals surface area contributed by atoms with E-state index in [4.69, 9.17) is 0 Å². The molecule has 0 amide bonds. The van der Waals surface area contributed by atoms with Crippen molar-refractivity contribution in [2.24, 2.45) is 11.3 Å². The van der Waals surface area contributed by atoms with Crippen LogP contribution in [0.15, 0.2) is 0 Å². The van der Waals surface area contributed by atoms with Crippen molar-refractivity contribution in [1.29, 1.82) is 0 Å². The lowest BCUT2D eigenvalue weighted by atomic mass is 9.82. The van der Waals surface area contributed by atoms with E-state index in [1.807, 2.05) is 0 Å². The molecular weight excluding hydrogens is 172 g/mol. The van der Waals surface area contributed by atoms with Gasteiger partial charge in [0.25, 0.3) is 0 Å². The van der Waals surface area contributed by atoms with Gasteiger partial charge in [-0.05, 0) is 44.3 Å². The molecule has 2 aliphatic rings. The van der Waals surface area contributed by atoms with Crippen LogP contribution in [0.25, 0.3) is 0 Å². The highest BCUT2D eigenvalue weighted by Gasteiger charge is 2.29. The minimum atomic E-state index is 0.604. The van der Waals surface area contributed by atoms with Gasteiger partial charge in [-0.2, -0.15) is 0 Å². The van der Waals surface area contributed by atoms with Gasteiger partial charge in [0.05, 0.1) is 0 Å². The van der Waals surface area contributed by atoms with Gasteiger partial charge < -0.3 is 9.80 Å². The Morgan fingerprint density at radius 1 is 1.14 bits per heavy atom. The van der Waals surface area contributed by atoms with Crippen LogP contribution in [0.1, 0.15) is 26.7 Å². The molecule has 0 atom stereocenters. The van der Waals surface area contributed by atoms with Gasteiger partial charge in [-0.3, -0.25) is 0 Å². The first-order chi connectivity index (χ1) is 6.55. The van der Waals surface area contributed by atoms with Crippen molar-refractivity contribution >= 4 is 0 Å². The first kappa shape index (κ1) is 10.4. The maximum atomic E-state index is 2.67. The van der Waals surface area contributed by atoms with E-state index < -0.39 is 0 Å². The van der Waals surface area contributed by atoms with Crippen LogP contribution in [-0.4, -0.2) is 49.6 Å². The summed E-state index contributed by atoms with van der Waals surface area (Å²) in [6, 6.07) is 0. The summed E-state index contributed by atoms with van der Waals surface area (Å²) >= 11 is 0. The van der Waals surface area contributed by atoms with Crippen LogP contribution >= 0.6 is 0 Å². The molecule has 0 radical (unpaired) electrons. The van der Waals surface area contributed by atoms with Crippen molar-refractivity contribution < 1.29 is 0 Å². The van der Waals surface area contributed by atoms with Gasteiger partial charge in [-0.1, -0.05) is 13.8 Å². The average molecular weight is 196 g/mol. The van der Waals surface area contributed by atoms with Gasteiger partial charge in [0.1, 0.15) is 0 Å². The van der Waals surface area contributed by atoms with E-state index in [2.05, 4.69) is 30.7 Å². The monoisotopic (exact) mass is 196 g/mol. The molecule has 0 N–H and O–H groups in total. The largest absolute Gasteiger partial charge is 0.306 e. The fourth-order valence-electron chi connectivity index (χ4n) is 2.65. The highest BCUT2D eigenvalue weighted by Crippen LogP contribution is 2.30. The number of rotatable bonds is 2. The van der Waals surface area contributed by atoms with Crippen LogP contribution in [0.2, 0.25) is 0 Å². The lowest BCUT2D eigenvalue weighted by Gasteiger charge is -2.43. The van der Waals surface area contributed by atoms with Crippen LogP contribution < -0.4 is 0 Å². The van der Waals surface area contributed by atoms with Crippen LogP contribution in [0, 0.1) is 11.3 Å². The first-order valence-electron chi connectivity index (χ1n) is 5.96. The Balaban J connectivity index is 1.69. The Labute approximate surface area is 88.3 Å². The third kappa shape index (κ3) is 2.48. The molecule has 0 aromatic heterocycles. The molecular formula is C12H24N2. The normalized spacial score (nSPS) is 30.2. The van der Waals surface area contributed by atoms with Crippen LogP contribution in [0.3, 0.4) is 0 Å². The van der Waals surface area contributed by atoms with E-state index in [1.165, 1.54) is 45.6 Å². The maximum absolute atomic E-state index is 2.67. The Morgan fingerprint density at radius 2 is 1.71 bits per heavy atom. The Bertz CT molecular complexity index is 184. The minimum Gasteiger partial charge on any atom is -0.306 e. The molecule has 0 aromatic carbocycles. The molecule has 14 heavy (non-hydrogen) atoms. The number of hydrogen-bond acceptors (Lipinski definition) is 2. The zero-order valence-corrected chi connectivity index (χ0v) is 9.92. The summed E-state index contributed by atoms with van der Waals surface area (Å²) in [7, 11) is 2.22. The zero-order valence-electron chi connectivity index (χ0n) is 9.92. The Hall–Kier alpha value is -0.0800.